The normalized spacial score (nSPS) is 9.80. The zero-order valence-electron chi connectivity index (χ0n) is 5.47. The lowest BCUT2D eigenvalue weighted by Crippen LogP contribution is -1.87. The van der Waals surface area contributed by atoms with Crippen LogP contribution in [0.4, 0.5) is 5.69 Å². The number of nitrogen functional groups attached to an aromatic ring is 1. The van der Waals surface area contributed by atoms with Crippen LogP contribution in [0.1, 0.15) is 0 Å². The van der Waals surface area contributed by atoms with E-state index in [1.807, 2.05) is 12.3 Å². The summed E-state index contributed by atoms with van der Waals surface area (Å²) in [4.78, 5) is 4.15. The fraction of sp³-hybridized carbons (Fsp3) is 0.167. The summed E-state index contributed by atoms with van der Waals surface area (Å²) in [7, 11) is 0. The van der Waals surface area contributed by atoms with Crippen LogP contribution in [-0.2, 0) is 0 Å². The maximum absolute atomic E-state index is 5.55. The van der Waals surface area contributed by atoms with Crippen molar-refractivity contribution in [3.8, 4) is 0 Å². The van der Waals surface area contributed by atoms with E-state index >= 15 is 0 Å². The van der Waals surface area contributed by atoms with Gasteiger partial charge in [-0.15, -0.1) is 11.8 Å². The van der Waals surface area contributed by atoms with E-state index in [9.17, 15) is 0 Å². The molecule has 4 heteroatoms. The highest BCUT2D eigenvalue weighted by molar-refractivity contribution is 9.10. The molecule has 0 aliphatic rings. The molecule has 2 nitrogen and oxygen atoms in total. The average Bonchev–Trinajstić information content (AvgIpc) is 1.85. The third-order valence-electron chi connectivity index (χ3n) is 1.00. The van der Waals surface area contributed by atoms with Gasteiger partial charge in [0.1, 0.15) is 4.60 Å². The molecule has 0 saturated carbocycles. The molecule has 0 fully saturated rings. The maximum Gasteiger partial charge on any atom is 0.109 e. The predicted molar refractivity (Wildman–Crippen MR) is 48.1 cm³/mol. The van der Waals surface area contributed by atoms with Crippen molar-refractivity contribution in [3.63, 3.8) is 0 Å². The fourth-order valence-corrected chi connectivity index (χ4v) is 1.61. The Hall–Kier alpha value is -0.220. The van der Waals surface area contributed by atoms with Gasteiger partial charge < -0.3 is 5.73 Å². The second kappa shape index (κ2) is 3.25. The molecule has 0 aromatic carbocycles. The second-order valence-corrected chi connectivity index (χ2v) is 3.40. The molecule has 2 N–H and O–H groups in total. The summed E-state index contributed by atoms with van der Waals surface area (Å²) in [5.74, 6) is 0. The Bertz CT molecular complexity index is 219. The lowest BCUT2D eigenvalue weighted by molar-refractivity contribution is 1.11. The zero-order chi connectivity index (χ0) is 7.56. The summed E-state index contributed by atoms with van der Waals surface area (Å²) in [6, 6.07) is 3.62. The molecule has 0 aliphatic heterocycles. The number of thioether (sulfide) groups is 1. The van der Waals surface area contributed by atoms with Gasteiger partial charge in [-0.05, 0) is 34.3 Å². The van der Waals surface area contributed by atoms with Crippen LogP contribution >= 0.6 is 27.7 Å². The zero-order valence-corrected chi connectivity index (χ0v) is 7.87. The Morgan fingerprint density at radius 1 is 1.60 bits per heavy atom. The van der Waals surface area contributed by atoms with Gasteiger partial charge in [-0.25, -0.2) is 4.98 Å². The first-order chi connectivity index (χ1) is 4.72. The standard InChI is InChI=1S/C6H7BrN2S/c1-10-6-3-4(8)2-5(7)9-6/h2-3H,1H3,(H2,8,9). The van der Waals surface area contributed by atoms with Crippen molar-refractivity contribution in [1.29, 1.82) is 0 Å². The molecule has 0 saturated heterocycles. The number of nitrogens with two attached hydrogens (primary N) is 1. The number of aromatic nitrogens is 1. The van der Waals surface area contributed by atoms with E-state index in [0.29, 0.717) is 0 Å². The molecule has 1 heterocycles. The van der Waals surface area contributed by atoms with Crippen molar-refractivity contribution in [1.82, 2.24) is 4.98 Å². The van der Waals surface area contributed by atoms with Crippen molar-refractivity contribution in [3.05, 3.63) is 16.7 Å². The lowest BCUT2D eigenvalue weighted by Gasteiger charge is -1.97. The van der Waals surface area contributed by atoms with Crippen LogP contribution < -0.4 is 5.73 Å². The minimum Gasteiger partial charge on any atom is -0.399 e. The Morgan fingerprint density at radius 3 is 2.80 bits per heavy atom. The molecule has 0 amide bonds. The second-order valence-electron chi connectivity index (χ2n) is 1.77. The van der Waals surface area contributed by atoms with E-state index < -0.39 is 0 Å². The van der Waals surface area contributed by atoms with Crippen LogP contribution in [0.5, 0.6) is 0 Å². The SMILES string of the molecule is CSc1cc(N)cc(Br)n1. The summed E-state index contributed by atoms with van der Waals surface area (Å²) in [6.07, 6.45) is 1.97. The fourth-order valence-electron chi connectivity index (χ4n) is 0.596. The molecule has 1 rings (SSSR count). The number of rotatable bonds is 1. The number of hydrogen-bond donors (Lipinski definition) is 1. The number of pyridine rings is 1. The molecule has 54 valence electrons. The predicted octanol–water partition coefficient (Wildman–Crippen LogP) is 2.15. The van der Waals surface area contributed by atoms with Gasteiger partial charge in [0.15, 0.2) is 0 Å². The van der Waals surface area contributed by atoms with Gasteiger partial charge in [0.2, 0.25) is 0 Å². The molecule has 0 aliphatic carbocycles. The van der Waals surface area contributed by atoms with Gasteiger partial charge in [0.05, 0.1) is 5.03 Å². The Balaban J connectivity index is 3.06. The highest BCUT2D eigenvalue weighted by Gasteiger charge is 1.95. The van der Waals surface area contributed by atoms with E-state index in [1.165, 1.54) is 0 Å². The molecule has 0 bridgehead atoms. The van der Waals surface area contributed by atoms with Crippen molar-refractivity contribution < 1.29 is 0 Å². The molecule has 1 aromatic heterocycles. The highest BCUT2D eigenvalue weighted by Crippen LogP contribution is 2.19. The van der Waals surface area contributed by atoms with Crippen LogP contribution in [-0.4, -0.2) is 11.2 Å². The molecular formula is C6H7BrN2S. The highest BCUT2D eigenvalue weighted by atomic mass is 79.9. The molecule has 0 atom stereocenters. The van der Waals surface area contributed by atoms with Gasteiger partial charge in [-0.1, -0.05) is 0 Å². The molecular weight excluding hydrogens is 212 g/mol. The average molecular weight is 219 g/mol. The van der Waals surface area contributed by atoms with Gasteiger partial charge in [0.25, 0.3) is 0 Å². The minimum absolute atomic E-state index is 0.742. The van der Waals surface area contributed by atoms with Crippen LogP contribution in [0.2, 0.25) is 0 Å². The van der Waals surface area contributed by atoms with Gasteiger partial charge in [-0.2, -0.15) is 0 Å². The quantitative estimate of drug-likeness (QED) is 0.581. The van der Waals surface area contributed by atoms with Crippen LogP contribution in [0, 0.1) is 0 Å². The van der Waals surface area contributed by atoms with Gasteiger partial charge in [-0.3, -0.25) is 0 Å². The molecule has 0 radical (unpaired) electrons. The van der Waals surface area contributed by atoms with Gasteiger partial charge >= 0.3 is 0 Å². The van der Waals surface area contributed by atoms with Crippen LogP contribution in [0.15, 0.2) is 21.8 Å². The lowest BCUT2D eigenvalue weighted by atomic mass is 10.4. The summed E-state index contributed by atoms with van der Waals surface area (Å²) in [6.45, 7) is 0. The third-order valence-corrected chi connectivity index (χ3v) is 2.04. The Kier molecular flexibility index (Phi) is 2.56. The maximum atomic E-state index is 5.55. The van der Waals surface area contributed by atoms with Gasteiger partial charge in [0, 0.05) is 5.69 Å². The largest absolute Gasteiger partial charge is 0.399 e. The van der Waals surface area contributed by atoms with Crippen molar-refractivity contribution in [2.24, 2.45) is 0 Å². The smallest absolute Gasteiger partial charge is 0.109 e. The first-order valence-electron chi connectivity index (χ1n) is 2.69. The summed E-state index contributed by atoms with van der Waals surface area (Å²) < 4.78 is 0.789. The van der Waals surface area contributed by atoms with Crippen LogP contribution in [0.25, 0.3) is 0 Å². The molecule has 1 aromatic rings. The monoisotopic (exact) mass is 218 g/mol. The number of nitrogens with zero attached hydrogens (tertiary/aromatic N) is 1. The van der Waals surface area contributed by atoms with E-state index in [2.05, 4.69) is 20.9 Å². The number of hydrogen-bond acceptors (Lipinski definition) is 3. The first kappa shape index (κ1) is 7.88. The minimum atomic E-state index is 0.742. The summed E-state index contributed by atoms with van der Waals surface area (Å²) in [5, 5.41) is 0.937. The molecule has 10 heavy (non-hydrogen) atoms. The molecule has 0 unspecified atom stereocenters. The van der Waals surface area contributed by atoms with Crippen LogP contribution in [0.3, 0.4) is 0 Å². The van der Waals surface area contributed by atoms with E-state index in [4.69, 9.17) is 5.73 Å². The first-order valence-corrected chi connectivity index (χ1v) is 4.71. The topological polar surface area (TPSA) is 38.9 Å². The van der Waals surface area contributed by atoms with E-state index in [1.54, 1.807) is 17.8 Å². The Morgan fingerprint density at radius 2 is 2.30 bits per heavy atom. The van der Waals surface area contributed by atoms with E-state index in [-0.39, 0.29) is 0 Å². The third kappa shape index (κ3) is 1.88. The van der Waals surface area contributed by atoms with Crippen molar-refractivity contribution >= 4 is 33.4 Å². The Labute approximate surface area is 72.3 Å². The number of anilines is 1. The van der Waals surface area contributed by atoms with Crippen molar-refractivity contribution in [2.75, 3.05) is 12.0 Å². The summed E-state index contributed by atoms with van der Waals surface area (Å²) in [5.41, 5.74) is 6.29. The van der Waals surface area contributed by atoms with E-state index in [0.717, 1.165) is 15.3 Å². The van der Waals surface area contributed by atoms with Crippen molar-refractivity contribution in [2.45, 2.75) is 5.03 Å². The molecule has 0 spiro atoms. The number of halogens is 1. The summed E-state index contributed by atoms with van der Waals surface area (Å²) >= 11 is 4.83.